The van der Waals surface area contributed by atoms with Crippen LogP contribution in [-0.2, 0) is 0 Å². The average molecular weight is 198 g/mol. The second-order valence-corrected chi connectivity index (χ2v) is 4.44. The van der Waals surface area contributed by atoms with Crippen LogP contribution in [0.1, 0.15) is 32.3 Å². The SMILES string of the molecule is CC(C)C1=CC(c2ccccc2)=CCC1. The molecule has 0 radical (unpaired) electrons. The van der Waals surface area contributed by atoms with Crippen molar-refractivity contribution in [3.63, 3.8) is 0 Å². The topological polar surface area (TPSA) is 0 Å². The third kappa shape index (κ3) is 2.38. The molecular formula is C15H18. The van der Waals surface area contributed by atoms with E-state index in [1.54, 1.807) is 5.57 Å². The molecule has 0 nitrogen and oxygen atoms in total. The van der Waals surface area contributed by atoms with Gasteiger partial charge in [-0.2, -0.15) is 0 Å². The van der Waals surface area contributed by atoms with E-state index in [-0.39, 0.29) is 0 Å². The van der Waals surface area contributed by atoms with E-state index < -0.39 is 0 Å². The van der Waals surface area contributed by atoms with Crippen molar-refractivity contribution < 1.29 is 0 Å². The number of benzene rings is 1. The van der Waals surface area contributed by atoms with Gasteiger partial charge in [-0.3, -0.25) is 0 Å². The molecule has 0 bridgehead atoms. The van der Waals surface area contributed by atoms with Crippen molar-refractivity contribution in [1.29, 1.82) is 0 Å². The Kier molecular flexibility index (Phi) is 3.05. The van der Waals surface area contributed by atoms with Crippen molar-refractivity contribution in [2.24, 2.45) is 5.92 Å². The summed E-state index contributed by atoms with van der Waals surface area (Å²) in [6.07, 6.45) is 7.13. The molecule has 0 spiro atoms. The summed E-state index contributed by atoms with van der Waals surface area (Å²) >= 11 is 0. The van der Waals surface area contributed by atoms with Crippen LogP contribution in [0.4, 0.5) is 0 Å². The van der Waals surface area contributed by atoms with Gasteiger partial charge in [0.05, 0.1) is 0 Å². The molecular weight excluding hydrogens is 180 g/mol. The fourth-order valence-corrected chi connectivity index (χ4v) is 2.01. The maximum atomic E-state index is 2.36. The van der Waals surface area contributed by atoms with Crippen LogP contribution in [0.25, 0.3) is 5.57 Å². The zero-order valence-corrected chi connectivity index (χ0v) is 9.53. The Balaban J connectivity index is 2.28. The fraction of sp³-hybridized carbons (Fsp3) is 0.333. The molecule has 1 aliphatic rings. The third-order valence-corrected chi connectivity index (χ3v) is 2.99. The lowest BCUT2D eigenvalue weighted by Crippen LogP contribution is -1.98. The van der Waals surface area contributed by atoms with Gasteiger partial charge < -0.3 is 0 Å². The highest BCUT2D eigenvalue weighted by Crippen LogP contribution is 2.28. The van der Waals surface area contributed by atoms with Gasteiger partial charge in [-0.1, -0.05) is 61.9 Å². The highest BCUT2D eigenvalue weighted by Gasteiger charge is 2.09. The van der Waals surface area contributed by atoms with Crippen LogP contribution < -0.4 is 0 Å². The number of rotatable bonds is 2. The van der Waals surface area contributed by atoms with Gasteiger partial charge in [0.25, 0.3) is 0 Å². The largest absolute Gasteiger partial charge is 0.0763 e. The van der Waals surface area contributed by atoms with E-state index in [0.29, 0.717) is 5.92 Å². The maximum absolute atomic E-state index is 2.36. The molecule has 15 heavy (non-hydrogen) atoms. The molecule has 0 saturated heterocycles. The van der Waals surface area contributed by atoms with Crippen LogP contribution in [-0.4, -0.2) is 0 Å². The van der Waals surface area contributed by atoms with E-state index in [4.69, 9.17) is 0 Å². The van der Waals surface area contributed by atoms with E-state index in [0.717, 1.165) is 0 Å². The summed E-state index contributed by atoms with van der Waals surface area (Å²) in [5, 5.41) is 0. The quantitative estimate of drug-likeness (QED) is 0.658. The molecule has 2 rings (SSSR count). The van der Waals surface area contributed by atoms with E-state index in [2.05, 4.69) is 56.3 Å². The smallest absolute Gasteiger partial charge is 0.0187 e. The number of hydrogen-bond acceptors (Lipinski definition) is 0. The third-order valence-electron chi connectivity index (χ3n) is 2.99. The summed E-state index contributed by atoms with van der Waals surface area (Å²) in [5.41, 5.74) is 4.32. The van der Waals surface area contributed by atoms with Crippen molar-refractivity contribution in [2.75, 3.05) is 0 Å². The predicted octanol–water partition coefficient (Wildman–Crippen LogP) is 4.45. The summed E-state index contributed by atoms with van der Waals surface area (Å²) in [6, 6.07) is 10.7. The Labute approximate surface area is 92.3 Å². The Morgan fingerprint density at radius 1 is 1.07 bits per heavy atom. The lowest BCUT2D eigenvalue weighted by molar-refractivity contribution is 0.711. The lowest BCUT2D eigenvalue weighted by Gasteiger charge is -2.16. The van der Waals surface area contributed by atoms with E-state index in [1.807, 2.05) is 0 Å². The molecule has 1 aliphatic carbocycles. The first-order chi connectivity index (χ1) is 7.27. The van der Waals surface area contributed by atoms with Crippen LogP contribution in [0.3, 0.4) is 0 Å². The minimum atomic E-state index is 0.678. The van der Waals surface area contributed by atoms with E-state index in [1.165, 1.54) is 24.0 Å². The van der Waals surface area contributed by atoms with Crippen molar-refractivity contribution in [3.05, 3.63) is 53.6 Å². The molecule has 0 amide bonds. The molecule has 0 saturated carbocycles. The van der Waals surface area contributed by atoms with Gasteiger partial charge in [0, 0.05) is 0 Å². The molecule has 0 fully saturated rings. The van der Waals surface area contributed by atoms with Gasteiger partial charge in [-0.25, -0.2) is 0 Å². The van der Waals surface area contributed by atoms with Gasteiger partial charge in [0.15, 0.2) is 0 Å². The standard InChI is InChI=1S/C15H18/c1-12(2)14-9-6-10-15(11-14)13-7-4-3-5-8-13/h3-5,7-8,10-12H,6,9H2,1-2H3. The molecule has 0 N–H and O–H groups in total. The van der Waals surface area contributed by atoms with Gasteiger partial charge in [0.1, 0.15) is 0 Å². The Hall–Kier alpha value is -1.30. The zero-order valence-electron chi connectivity index (χ0n) is 9.53. The monoisotopic (exact) mass is 198 g/mol. The van der Waals surface area contributed by atoms with E-state index in [9.17, 15) is 0 Å². The summed E-state index contributed by atoms with van der Waals surface area (Å²) in [5.74, 6) is 0.678. The molecule has 0 aromatic heterocycles. The van der Waals surface area contributed by atoms with Crippen molar-refractivity contribution in [2.45, 2.75) is 26.7 Å². The minimum Gasteiger partial charge on any atom is -0.0763 e. The molecule has 0 aliphatic heterocycles. The summed E-state index contributed by atoms with van der Waals surface area (Å²) in [4.78, 5) is 0. The molecule has 0 heterocycles. The van der Waals surface area contributed by atoms with Crippen molar-refractivity contribution in [3.8, 4) is 0 Å². The van der Waals surface area contributed by atoms with E-state index >= 15 is 0 Å². The molecule has 0 unspecified atom stereocenters. The maximum Gasteiger partial charge on any atom is -0.0187 e. The molecule has 0 atom stereocenters. The zero-order chi connectivity index (χ0) is 10.7. The Morgan fingerprint density at radius 2 is 1.80 bits per heavy atom. The first kappa shape index (κ1) is 10.2. The second kappa shape index (κ2) is 4.48. The lowest BCUT2D eigenvalue weighted by atomic mass is 9.89. The van der Waals surface area contributed by atoms with Crippen LogP contribution >= 0.6 is 0 Å². The Morgan fingerprint density at radius 3 is 2.47 bits per heavy atom. The van der Waals surface area contributed by atoms with Crippen LogP contribution in [0.5, 0.6) is 0 Å². The second-order valence-electron chi connectivity index (χ2n) is 4.44. The van der Waals surface area contributed by atoms with Crippen molar-refractivity contribution in [1.82, 2.24) is 0 Å². The normalized spacial score (nSPS) is 16.2. The number of hydrogen-bond donors (Lipinski definition) is 0. The van der Waals surface area contributed by atoms with Crippen LogP contribution in [0.15, 0.2) is 48.1 Å². The van der Waals surface area contributed by atoms with Gasteiger partial charge in [-0.05, 0) is 29.9 Å². The summed E-state index contributed by atoms with van der Waals surface area (Å²) < 4.78 is 0. The van der Waals surface area contributed by atoms with Crippen molar-refractivity contribution >= 4 is 5.57 Å². The van der Waals surface area contributed by atoms with Gasteiger partial charge in [0.2, 0.25) is 0 Å². The van der Waals surface area contributed by atoms with Gasteiger partial charge >= 0.3 is 0 Å². The molecule has 0 heteroatoms. The first-order valence-corrected chi connectivity index (χ1v) is 5.73. The fourth-order valence-electron chi connectivity index (χ4n) is 2.01. The first-order valence-electron chi connectivity index (χ1n) is 5.73. The highest BCUT2D eigenvalue weighted by molar-refractivity contribution is 5.75. The van der Waals surface area contributed by atoms with Crippen LogP contribution in [0.2, 0.25) is 0 Å². The molecule has 1 aromatic carbocycles. The van der Waals surface area contributed by atoms with Gasteiger partial charge in [-0.15, -0.1) is 0 Å². The predicted molar refractivity (Wildman–Crippen MR) is 66.6 cm³/mol. The summed E-state index contributed by atoms with van der Waals surface area (Å²) in [7, 11) is 0. The minimum absolute atomic E-state index is 0.678. The molecule has 78 valence electrons. The Bertz CT molecular complexity index is 380. The molecule has 1 aromatic rings. The number of allylic oxidation sites excluding steroid dienone is 4. The average Bonchev–Trinajstić information content (AvgIpc) is 2.30. The summed E-state index contributed by atoms with van der Waals surface area (Å²) in [6.45, 7) is 4.56. The highest BCUT2D eigenvalue weighted by atomic mass is 14.1. The van der Waals surface area contributed by atoms with Crippen LogP contribution in [0, 0.1) is 5.92 Å².